The van der Waals surface area contributed by atoms with E-state index in [2.05, 4.69) is 10.2 Å². The first-order chi connectivity index (χ1) is 13.1. The molecule has 0 spiro atoms. The highest BCUT2D eigenvalue weighted by Gasteiger charge is 2.36. The minimum atomic E-state index is -0.303. The fourth-order valence-corrected chi connectivity index (χ4v) is 3.70. The summed E-state index contributed by atoms with van der Waals surface area (Å²) in [6.45, 7) is 2.30. The van der Waals surface area contributed by atoms with E-state index in [9.17, 15) is 9.18 Å². The summed E-state index contributed by atoms with van der Waals surface area (Å²) in [5, 5.41) is 8.78. The van der Waals surface area contributed by atoms with Gasteiger partial charge < -0.3 is 4.74 Å². The van der Waals surface area contributed by atoms with Crippen molar-refractivity contribution >= 4 is 29.1 Å². The van der Waals surface area contributed by atoms with E-state index < -0.39 is 0 Å². The number of benzene rings is 2. The average Bonchev–Trinajstić information content (AvgIpc) is 2.99. The maximum Gasteiger partial charge on any atom is 0.242 e. The normalized spacial score (nSPS) is 18.6. The van der Waals surface area contributed by atoms with Gasteiger partial charge in [0.25, 0.3) is 0 Å². The Morgan fingerprint density at radius 3 is 2.67 bits per heavy atom. The summed E-state index contributed by atoms with van der Waals surface area (Å²) in [6.07, 6.45) is 2.31. The number of halogens is 1. The van der Waals surface area contributed by atoms with Gasteiger partial charge in [0.05, 0.1) is 25.1 Å². The van der Waals surface area contributed by atoms with Crippen molar-refractivity contribution in [3.05, 3.63) is 65.5 Å². The first-order valence-corrected chi connectivity index (χ1v) is 9.47. The monoisotopic (exact) mass is 385 g/mol. The molecule has 0 unspecified atom stereocenters. The van der Waals surface area contributed by atoms with Gasteiger partial charge in [-0.3, -0.25) is 9.69 Å². The molecule has 7 heteroatoms. The Morgan fingerprint density at radius 1 is 1.22 bits per heavy atom. The molecule has 1 saturated heterocycles. The molecule has 0 N–H and O–H groups in total. The van der Waals surface area contributed by atoms with E-state index in [-0.39, 0.29) is 17.0 Å². The van der Waals surface area contributed by atoms with Crippen LogP contribution in [0.3, 0.4) is 0 Å². The zero-order valence-electron chi connectivity index (χ0n) is 15.1. The zero-order chi connectivity index (χ0) is 19.2. The van der Waals surface area contributed by atoms with Crippen LogP contribution in [0.1, 0.15) is 24.5 Å². The van der Waals surface area contributed by atoms with E-state index in [1.54, 1.807) is 30.4 Å². The Kier molecular flexibility index (Phi) is 6.24. The number of amides is 1. The van der Waals surface area contributed by atoms with Gasteiger partial charge in [0.1, 0.15) is 11.6 Å². The van der Waals surface area contributed by atoms with Gasteiger partial charge in [0.15, 0.2) is 5.17 Å². The Hall–Kier alpha value is -2.67. The second-order valence-electron chi connectivity index (χ2n) is 5.93. The zero-order valence-corrected chi connectivity index (χ0v) is 15.9. The first-order valence-electron chi connectivity index (χ1n) is 8.59. The highest BCUT2D eigenvalue weighted by atomic mass is 32.2. The molecule has 1 heterocycles. The SMILES string of the molecule is CC[C@H]1S/C(=N/N=C\c2ccccc2OC)N(Cc2ccc(F)cc2)C1=O. The number of carbonyl (C=O) groups excluding carboxylic acids is 1. The standard InChI is InChI=1S/C20H20FN3O2S/c1-3-18-19(25)24(13-14-8-10-16(21)11-9-14)20(27-18)23-22-12-15-6-4-5-7-17(15)26-2/h4-12,18H,3,13H2,1-2H3/b22-12-,23-20+/t18-/m1/s1. The molecule has 0 saturated carbocycles. The van der Waals surface area contributed by atoms with Gasteiger partial charge in [0, 0.05) is 5.56 Å². The fourth-order valence-electron chi connectivity index (χ4n) is 2.68. The molecule has 5 nitrogen and oxygen atoms in total. The summed E-state index contributed by atoms with van der Waals surface area (Å²) in [5.74, 6) is 0.395. The number of ether oxygens (including phenoxy) is 1. The van der Waals surface area contributed by atoms with Crippen LogP contribution in [0.15, 0.2) is 58.7 Å². The summed E-state index contributed by atoms with van der Waals surface area (Å²) >= 11 is 1.40. The molecule has 0 radical (unpaired) electrons. The molecule has 0 bridgehead atoms. The van der Waals surface area contributed by atoms with Crippen molar-refractivity contribution < 1.29 is 13.9 Å². The predicted molar refractivity (Wildman–Crippen MR) is 107 cm³/mol. The van der Waals surface area contributed by atoms with Crippen LogP contribution in [0, 0.1) is 5.82 Å². The minimum absolute atomic E-state index is 0.00179. The molecule has 2 aromatic carbocycles. The van der Waals surface area contributed by atoms with Crippen molar-refractivity contribution in [2.24, 2.45) is 10.2 Å². The summed E-state index contributed by atoms with van der Waals surface area (Å²) < 4.78 is 18.4. The Labute approximate surface area is 161 Å². The Balaban J connectivity index is 1.82. The van der Waals surface area contributed by atoms with Crippen LogP contribution in [0.4, 0.5) is 4.39 Å². The minimum Gasteiger partial charge on any atom is -0.496 e. The van der Waals surface area contributed by atoms with E-state index >= 15 is 0 Å². The van der Waals surface area contributed by atoms with Crippen molar-refractivity contribution in [3.63, 3.8) is 0 Å². The number of nitrogens with zero attached hydrogens (tertiary/aromatic N) is 3. The van der Waals surface area contributed by atoms with Crippen LogP contribution in [0.25, 0.3) is 0 Å². The molecule has 0 aliphatic carbocycles. The summed E-state index contributed by atoms with van der Waals surface area (Å²) in [4.78, 5) is 14.2. The van der Waals surface area contributed by atoms with E-state index in [0.29, 0.717) is 23.9 Å². The number of rotatable bonds is 6. The average molecular weight is 385 g/mol. The highest BCUT2D eigenvalue weighted by Crippen LogP contribution is 2.30. The summed E-state index contributed by atoms with van der Waals surface area (Å²) in [5.41, 5.74) is 1.64. The van der Waals surface area contributed by atoms with E-state index in [0.717, 1.165) is 11.1 Å². The van der Waals surface area contributed by atoms with E-state index in [1.165, 1.54) is 23.9 Å². The second kappa shape index (κ2) is 8.81. The van der Waals surface area contributed by atoms with Crippen molar-refractivity contribution in [2.45, 2.75) is 25.1 Å². The maximum atomic E-state index is 13.1. The van der Waals surface area contributed by atoms with Crippen molar-refractivity contribution in [3.8, 4) is 5.75 Å². The number of para-hydroxylation sites is 1. The molecule has 1 fully saturated rings. The first kappa shape index (κ1) is 19.1. The molecular weight excluding hydrogens is 365 g/mol. The number of amidine groups is 1. The van der Waals surface area contributed by atoms with Crippen LogP contribution < -0.4 is 4.74 Å². The molecular formula is C20H20FN3O2S. The quantitative estimate of drug-likeness (QED) is 0.556. The molecule has 140 valence electrons. The fraction of sp³-hybridized carbons (Fsp3) is 0.250. The Bertz CT molecular complexity index is 868. The van der Waals surface area contributed by atoms with Gasteiger partial charge in [-0.05, 0) is 36.2 Å². The number of thioether (sulfide) groups is 1. The molecule has 27 heavy (non-hydrogen) atoms. The number of carbonyl (C=O) groups is 1. The van der Waals surface area contributed by atoms with Gasteiger partial charge >= 0.3 is 0 Å². The molecule has 3 rings (SSSR count). The summed E-state index contributed by atoms with van der Waals surface area (Å²) in [6, 6.07) is 13.6. The third-order valence-corrected chi connectivity index (χ3v) is 5.46. The van der Waals surface area contributed by atoms with Gasteiger partial charge in [-0.2, -0.15) is 5.10 Å². The van der Waals surface area contributed by atoms with Gasteiger partial charge in [-0.1, -0.05) is 43.0 Å². The van der Waals surface area contributed by atoms with Crippen LogP contribution in [-0.4, -0.2) is 34.5 Å². The van der Waals surface area contributed by atoms with E-state index in [4.69, 9.17) is 4.74 Å². The van der Waals surface area contributed by atoms with Crippen LogP contribution in [-0.2, 0) is 11.3 Å². The molecule has 1 amide bonds. The van der Waals surface area contributed by atoms with Gasteiger partial charge in [-0.25, -0.2) is 4.39 Å². The molecule has 1 aliphatic heterocycles. The molecule has 0 aromatic heterocycles. The maximum absolute atomic E-state index is 13.1. The lowest BCUT2D eigenvalue weighted by Gasteiger charge is -2.15. The van der Waals surface area contributed by atoms with Crippen molar-refractivity contribution in [1.29, 1.82) is 0 Å². The number of hydrogen-bond acceptors (Lipinski definition) is 5. The van der Waals surface area contributed by atoms with Crippen LogP contribution >= 0.6 is 11.8 Å². The Morgan fingerprint density at radius 2 is 1.96 bits per heavy atom. The lowest BCUT2D eigenvalue weighted by molar-refractivity contribution is -0.126. The van der Waals surface area contributed by atoms with Crippen molar-refractivity contribution in [2.75, 3.05) is 7.11 Å². The topological polar surface area (TPSA) is 54.3 Å². The molecule has 1 aliphatic rings. The lowest BCUT2D eigenvalue weighted by atomic mass is 10.2. The number of hydrogen-bond donors (Lipinski definition) is 0. The highest BCUT2D eigenvalue weighted by molar-refractivity contribution is 8.15. The largest absolute Gasteiger partial charge is 0.496 e. The molecule has 2 aromatic rings. The van der Waals surface area contributed by atoms with Crippen LogP contribution in [0.2, 0.25) is 0 Å². The lowest BCUT2D eigenvalue weighted by Crippen LogP contribution is -2.31. The van der Waals surface area contributed by atoms with E-state index in [1.807, 2.05) is 31.2 Å². The number of methoxy groups -OCH3 is 1. The predicted octanol–water partition coefficient (Wildman–Crippen LogP) is 4.08. The van der Waals surface area contributed by atoms with Crippen LogP contribution in [0.5, 0.6) is 5.75 Å². The smallest absolute Gasteiger partial charge is 0.242 e. The van der Waals surface area contributed by atoms with Crippen molar-refractivity contribution in [1.82, 2.24) is 4.90 Å². The van der Waals surface area contributed by atoms with Gasteiger partial charge in [0.2, 0.25) is 5.91 Å². The summed E-state index contributed by atoms with van der Waals surface area (Å²) in [7, 11) is 1.60. The second-order valence-corrected chi connectivity index (χ2v) is 7.10. The van der Waals surface area contributed by atoms with Gasteiger partial charge in [-0.15, -0.1) is 5.10 Å². The molecule has 1 atom stereocenters. The third kappa shape index (κ3) is 4.54. The third-order valence-electron chi connectivity index (χ3n) is 4.12.